The van der Waals surface area contributed by atoms with Crippen molar-refractivity contribution in [3.8, 4) is 0 Å². The summed E-state index contributed by atoms with van der Waals surface area (Å²) in [4.78, 5) is 25.5. The van der Waals surface area contributed by atoms with Crippen molar-refractivity contribution in [3.05, 3.63) is 34.9 Å². The molecule has 112 valence electrons. The molecule has 0 aliphatic carbocycles. The van der Waals surface area contributed by atoms with Gasteiger partial charge < -0.3 is 0 Å². The van der Waals surface area contributed by atoms with E-state index in [0.717, 1.165) is 13.1 Å². The molecule has 0 unspecified atom stereocenters. The van der Waals surface area contributed by atoms with Crippen LogP contribution in [-0.4, -0.2) is 22.8 Å². The third-order valence-corrected chi connectivity index (χ3v) is 4.47. The van der Waals surface area contributed by atoms with Crippen LogP contribution in [0.15, 0.2) is 18.2 Å². The Morgan fingerprint density at radius 2 is 1.95 bits per heavy atom. The quantitative estimate of drug-likeness (QED) is 0.804. The van der Waals surface area contributed by atoms with E-state index in [-0.39, 0.29) is 23.3 Å². The molecule has 2 aliphatic rings. The van der Waals surface area contributed by atoms with Gasteiger partial charge in [-0.2, -0.15) is 0 Å². The van der Waals surface area contributed by atoms with Gasteiger partial charge in [0.2, 0.25) is 11.8 Å². The number of imide groups is 1. The average molecular weight is 286 g/mol. The highest BCUT2D eigenvalue weighted by Crippen LogP contribution is 2.35. The molecule has 0 radical (unpaired) electrons. The summed E-state index contributed by atoms with van der Waals surface area (Å²) in [6, 6.07) is 6.26. The summed E-state index contributed by atoms with van der Waals surface area (Å²) in [6.45, 7) is 8.26. The van der Waals surface area contributed by atoms with Gasteiger partial charge in [0.15, 0.2) is 0 Å². The summed E-state index contributed by atoms with van der Waals surface area (Å²) in [6.07, 6.45) is 1.07. The van der Waals surface area contributed by atoms with Crippen molar-refractivity contribution in [2.75, 3.05) is 0 Å². The number of carbonyl (C=O) groups excluding carboxylic acids is 2. The zero-order valence-corrected chi connectivity index (χ0v) is 12.9. The Morgan fingerprint density at radius 1 is 1.19 bits per heavy atom. The molecule has 1 aromatic rings. The van der Waals surface area contributed by atoms with Crippen molar-refractivity contribution in [3.63, 3.8) is 0 Å². The van der Waals surface area contributed by atoms with Crippen molar-refractivity contribution < 1.29 is 9.59 Å². The Kier molecular flexibility index (Phi) is 3.36. The second-order valence-corrected chi connectivity index (χ2v) is 7.07. The minimum atomic E-state index is -0.178. The molecule has 0 saturated carbocycles. The number of benzene rings is 1. The molecule has 0 spiro atoms. The van der Waals surface area contributed by atoms with Crippen LogP contribution in [0, 0.1) is 0 Å². The summed E-state index contributed by atoms with van der Waals surface area (Å²) < 4.78 is 0. The van der Waals surface area contributed by atoms with Crippen LogP contribution in [0.25, 0.3) is 0 Å². The summed E-state index contributed by atoms with van der Waals surface area (Å²) in [5.41, 5.74) is 4.13. The topological polar surface area (TPSA) is 49.4 Å². The van der Waals surface area contributed by atoms with Gasteiger partial charge in [-0.25, -0.2) is 0 Å². The molecule has 21 heavy (non-hydrogen) atoms. The highest BCUT2D eigenvalue weighted by molar-refractivity contribution is 6.00. The van der Waals surface area contributed by atoms with Gasteiger partial charge in [0.1, 0.15) is 0 Å². The number of nitrogens with one attached hydrogen (secondary N) is 1. The number of nitrogens with zero attached hydrogens (tertiary/aromatic N) is 1. The monoisotopic (exact) mass is 286 g/mol. The van der Waals surface area contributed by atoms with E-state index in [4.69, 9.17) is 0 Å². The molecule has 2 heterocycles. The maximum absolute atomic E-state index is 12.1. The van der Waals surface area contributed by atoms with Crippen molar-refractivity contribution in [1.82, 2.24) is 10.2 Å². The Balaban J connectivity index is 1.85. The largest absolute Gasteiger partial charge is 0.295 e. The molecule has 1 N–H and O–H groups in total. The predicted molar refractivity (Wildman–Crippen MR) is 80.6 cm³/mol. The lowest BCUT2D eigenvalue weighted by atomic mass is 9.83. The lowest BCUT2D eigenvalue weighted by Crippen LogP contribution is -2.50. The maximum Gasteiger partial charge on any atom is 0.243 e. The van der Waals surface area contributed by atoms with Crippen LogP contribution in [0.3, 0.4) is 0 Å². The van der Waals surface area contributed by atoms with Gasteiger partial charge in [-0.1, -0.05) is 39.0 Å². The summed E-state index contributed by atoms with van der Waals surface area (Å²) in [5.74, 6) is -0.292. The lowest BCUT2D eigenvalue weighted by Gasteiger charge is -2.29. The van der Waals surface area contributed by atoms with E-state index in [1.807, 2.05) is 0 Å². The maximum atomic E-state index is 12.1. The van der Waals surface area contributed by atoms with E-state index in [1.54, 1.807) is 0 Å². The van der Waals surface area contributed by atoms with Gasteiger partial charge in [-0.15, -0.1) is 0 Å². The van der Waals surface area contributed by atoms with E-state index in [9.17, 15) is 9.59 Å². The number of hydrogen-bond donors (Lipinski definition) is 1. The fourth-order valence-corrected chi connectivity index (χ4v) is 3.40. The molecule has 1 saturated heterocycles. The highest BCUT2D eigenvalue weighted by atomic mass is 16.2. The number of fused-ring (bicyclic) bond motifs is 1. The van der Waals surface area contributed by atoms with Crippen LogP contribution >= 0.6 is 0 Å². The summed E-state index contributed by atoms with van der Waals surface area (Å²) in [5, 5.41) is 2.46. The lowest BCUT2D eigenvalue weighted by molar-refractivity contribution is -0.137. The number of carbonyl (C=O) groups is 2. The third kappa shape index (κ3) is 2.60. The summed E-state index contributed by atoms with van der Waals surface area (Å²) >= 11 is 0. The predicted octanol–water partition coefficient (Wildman–Crippen LogP) is 2.10. The van der Waals surface area contributed by atoms with E-state index < -0.39 is 0 Å². The van der Waals surface area contributed by atoms with Gasteiger partial charge in [-0.3, -0.25) is 19.8 Å². The van der Waals surface area contributed by atoms with Crippen molar-refractivity contribution in [1.29, 1.82) is 0 Å². The molecule has 0 bridgehead atoms. The van der Waals surface area contributed by atoms with Crippen LogP contribution in [0.1, 0.15) is 50.3 Å². The minimum absolute atomic E-state index is 0.103. The molecule has 1 atom stereocenters. The van der Waals surface area contributed by atoms with E-state index in [1.165, 1.54) is 16.7 Å². The third-order valence-electron chi connectivity index (χ3n) is 4.47. The van der Waals surface area contributed by atoms with E-state index in [2.05, 4.69) is 49.2 Å². The average Bonchev–Trinajstić information content (AvgIpc) is 2.80. The normalized spacial score (nSPS) is 23.1. The first kappa shape index (κ1) is 14.3. The molecule has 1 aromatic carbocycles. The number of hydrogen-bond acceptors (Lipinski definition) is 3. The minimum Gasteiger partial charge on any atom is -0.295 e. The van der Waals surface area contributed by atoms with Crippen molar-refractivity contribution >= 4 is 11.8 Å². The fraction of sp³-hybridized carbons (Fsp3) is 0.529. The Labute approximate surface area is 125 Å². The fourth-order valence-electron chi connectivity index (χ4n) is 3.40. The second-order valence-electron chi connectivity index (χ2n) is 7.07. The first-order valence-corrected chi connectivity index (χ1v) is 7.55. The Morgan fingerprint density at radius 3 is 2.62 bits per heavy atom. The SMILES string of the molecule is CC(C)(C)c1cccc2c1CN([C@H]1CCC(=O)NC1=O)C2. The van der Waals surface area contributed by atoms with Crippen molar-refractivity contribution in [2.45, 2.75) is 58.2 Å². The molecule has 4 nitrogen and oxygen atoms in total. The molecule has 2 aliphatic heterocycles. The van der Waals surface area contributed by atoms with Crippen LogP contribution in [0.5, 0.6) is 0 Å². The molecule has 2 amide bonds. The van der Waals surface area contributed by atoms with Gasteiger partial charge in [0.05, 0.1) is 6.04 Å². The Bertz CT molecular complexity index is 601. The summed E-state index contributed by atoms with van der Waals surface area (Å²) in [7, 11) is 0. The van der Waals surface area contributed by atoms with Crippen LogP contribution in [-0.2, 0) is 28.1 Å². The zero-order chi connectivity index (χ0) is 15.2. The number of amides is 2. The molecular formula is C17H22N2O2. The smallest absolute Gasteiger partial charge is 0.243 e. The van der Waals surface area contributed by atoms with Gasteiger partial charge in [-0.05, 0) is 28.5 Å². The highest BCUT2D eigenvalue weighted by Gasteiger charge is 2.36. The van der Waals surface area contributed by atoms with Gasteiger partial charge >= 0.3 is 0 Å². The van der Waals surface area contributed by atoms with Crippen LogP contribution in [0.4, 0.5) is 0 Å². The Hall–Kier alpha value is -1.68. The number of rotatable bonds is 1. The van der Waals surface area contributed by atoms with E-state index >= 15 is 0 Å². The molecular weight excluding hydrogens is 264 g/mol. The van der Waals surface area contributed by atoms with Gasteiger partial charge in [0.25, 0.3) is 0 Å². The zero-order valence-electron chi connectivity index (χ0n) is 12.9. The molecule has 4 heteroatoms. The van der Waals surface area contributed by atoms with E-state index in [0.29, 0.717) is 12.8 Å². The molecule has 1 fully saturated rings. The van der Waals surface area contributed by atoms with Crippen LogP contribution in [0.2, 0.25) is 0 Å². The molecule has 3 rings (SSSR count). The first-order chi connectivity index (χ1) is 9.86. The molecule has 0 aromatic heterocycles. The standard InChI is InChI=1S/C17H22N2O2/c1-17(2,3)13-6-4-5-11-9-19(10-12(11)13)14-7-8-15(20)18-16(14)21/h4-6,14H,7-10H2,1-3H3,(H,18,20,21)/t14-/m0/s1. The van der Waals surface area contributed by atoms with Crippen molar-refractivity contribution in [2.24, 2.45) is 0 Å². The number of piperidine rings is 1. The van der Waals surface area contributed by atoms with Crippen LogP contribution < -0.4 is 5.32 Å². The first-order valence-electron chi connectivity index (χ1n) is 7.55. The second kappa shape index (κ2) is 4.95. The van der Waals surface area contributed by atoms with Gasteiger partial charge in [0, 0.05) is 19.5 Å².